The van der Waals surface area contributed by atoms with E-state index in [2.05, 4.69) is 38.7 Å². The minimum absolute atomic E-state index is 0.130. The van der Waals surface area contributed by atoms with Gasteiger partial charge >= 0.3 is 0 Å². The van der Waals surface area contributed by atoms with Crippen molar-refractivity contribution in [2.75, 3.05) is 27.2 Å². The number of rotatable bonds is 7. The van der Waals surface area contributed by atoms with Crippen LogP contribution in [0.15, 0.2) is 59.6 Å². The van der Waals surface area contributed by atoms with Crippen LogP contribution in [0.1, 0.15) is 30.4 Å². The molecule has 1 aliphatic heterocycles. The van der Waals surface area contributed by atoms with Crippen molar-refractivity contribution in [3.63, 3.8) is 0 Å². The number of nitrogens with zero attached hydrogens (tertiary/aromatic N) is 2. The van der Waals surface area contributed by atoms with Gasteiger partial charge in [-0.3, -0.25) is 9.79 Å². The lowest BCUT2D eigenvalue weighted by Gasteiger charge is -2.34. The lowest BCUT2D eigenvalue weighted by Crippen LogP contribution is -2.45. The summed E-state index contributed by atoms with van der Waals surface area (Å²) in [6, 6.07) is 18.2. The number of nitrogens with one attached hydrogen (secondary N) is 2. The van der Waals surface area contributed by atoms with Crippen LogP contribution in [0.4, 0.5) is 0 Å². The molecule has 0 aromatic heterocycles. The number of carbonyl (C=O) groups is 1. The van der Waals surface area contributed by atoms with Crippen molar-refractivity contribution in [3.8, 4) is 5.75 Å². The fraction of sp³-hybridized carbons (Fsp3) is 0.417. The second-order valence-electron chi connectivity index (χ2n) is 7.58. The molecule has 1 fully saturated rings. The van der Waals surface area contributed by atoms with Crippen LogP contribution in [-0.2, 0) is 17.9 Å². The zero-order valence-corrected chi connectivity index (χ0v) is 17.9. The molecule has 0 bridgehead atoms. The lowest BCUT2D eigenvalue weighted by atomic mass is 9.93. The molecule has 3 rings (SSSR count). The summed E-state index contributed by atoms with van der Waals surface area (Å²) in [4.78, 5) is 18.4. The minimum Gasteiger partial charge on any atom is -0.489 e. The molecule has 1 aliphatic rings. The lowest BCUT2D eigenvalue weighted by molar-refractivity contribution is -0.121. The van der Waals surface area contributed by atoms with E-state index in [0.29, 0.717) is 25.5 Å². The number of amides is 1. The van der Waals surface area contributed by atoms with Crippen molar-refractivity contribution in [2.24, 2.45) is 10.9 Å². The molecule has 0 radical (unpaired) electrons. The molecule has 6 nitrogen and oxygen atoms in total. The molecular formula is C24H32N4O2. The van der Waals surface area contributed by atoms with Crippen LogP contribution in [0.3, 0.4) is 0 Å². The molecule has 2 N–H and O–H groups in total. The highest BCUT2D eigenvalue weighted by atomic mass is 16.5. The first-order valence-corrected chi connectivity index (χ1v) is 10.6. The largest absolute Gasteiger partial charge is 0.489 e. The van der Waals surface area contributed by atoms with Gasteiger partial charge < -0.3 is 20.3 Å². The number of hydrogen-bond acceptors (Lipinski definition) is 3. The Bertz CT molecular complexity index is 830. The molecular weight excluding hydrogens is 376 g/mol. The summed E-state index contributed by atoms with van der Waals surface area (Å²) >= 11 is 0. The van der Waals surface area contributed by atoms with Gasteiger partial charge in [0.2, 0.25) is 5.91 Å². The van der Waals surface area contributed by atoms with Crippen molar-refractivity contribution in [1.82, 2.24) is 15.5 Å². The Hall–Kier alpha value is -3.02. The fourth-order valence-corrected chi connectivity index (χ4v) is 3.77. The number of carbonyl (C=O) groups excluding carboxylic acids is 1. The van der Waals surface area contributed by atoms with Gasteiger partial charge in [0.15, 0.2) is 5.96 Å². The molecule has 1 amide bonds. The maximum absolute atomic E-state index is 11.6. The Balaban J connectivity index is 1.52. The summed E-state index contributed by atoms with van der Waals surface area (Å²) < 4.78 is 5.93. The number of aliphatic imine (C=N–C) groups is 1. The molecule has 1 saturated heterocycles. The van der Waals surface area contributed by atoms with E-state index in [4.69, 9.17) is 4.74 Å². The first kappa shape index (κ1) is 21.7. The van der Waals surface area contributed by atoms with Crippen molar-refractivity contribution >= 4 is 11.9 Å². The van der Waals surface area contributed by atoms with Gasteiger partial charge in [0.25, 0.3) is 0 Å². The third kappa shape index (κ3) is 6.24. The van der Waals surface area contributed by atoms with Gasteiger partial charge in [0.05, 0.1) is 0 Å². The van der Waals surface area contributed by atoms with Crippen molar-refractivity contribution in [3.05, 3.63) is 65.7 Å². The SMILES string of the molecule is CN=C(NCc1ccccc1COc1ccccc1)N1CCC(CC(=O)NC)CC1. The third-order valence-corrected chi connectivity index (χ3v) is 5.57. The topological polar surface area (TPSA) is 66.0 Å². The third-order valence-electron chi connectivity index (χ3n) is 5.57. The molecule has 0 aliphatic carbocycles. The van der Waals surface area contributed by atoms with E-state index in [1.807, 2.05) is 43.4 Å². The Kier molecular flexibility index (Phi) is 8.12. The average Bonchev–Trinajstić information content (AvgIpc) is 2.80. The minimum atomic E-state index is 0.130. The van der Waals surface area contributed by atoms with Gasteiger partial charge in [0, 0.05) is 40.2 Å². The predicted molar refractivity (Wildman–Crippen MR) is 120 cm³/mol. The maximum Gasteiger partial charge on any atom is 0.220 e. The Morgan fingerprint density at radius 1 is 1.07 bits per heavy atom. The zero-order chi connectivity index (χ0) is 21.2. The van der Waals surface area contributed by atoms with Crippen LogP contribution in [0, 0.1) is 5.92 Å². The van der Waals surface area contributed by atoms with E-state index in [0.717, 1.165) is 43.2 Å². The summed E-state index contributed by atoms with van der Waals surface area (Å²) in [5.74, 6) is 2.36. The van der Waals surface area contributed by atoms with E-state index < -0.39 is 0 Å². The van der Waals surface area contributed by atoms with Crippen molar-refractivity contribution in [1.29, 1.82) is 0 Å². The van der Waals surface area contributed by atoms with Crippen molar-refractivity contribution < 1.29 is 9.53 Å². The van der Waals surface area contributed by atoms with E-state index >= 15 is 0 Å². The van der Waals surface area contributed by atoms with Crippen LogP contribution < -0.4 is 15.4 Å². The summed E-state index contributed by atoms with van der Waals surface area (Å²) in [5, 5.41) is 6.22. The molecule has 160 valence electrons. The van der Waals surface area contributed by atoms with Gasteiger partial charge in [-0.25, -0.2) is 0 Å². The first-order valence-electron chi connectivity index (χ1n) is 10.6. The standard InChI is InChI=1S/C24H32N4O2/c1-25-23(29)16-19-12-14-28(15-13-19)24(26-2)27-17-20-8-6-7-9-21(20)18-30-22-10-4-3-5-11-22/h3-11,19H,12-18H2,1-2H3,(H,25,29)(H,26,27). The van der Waals surface area contributed by atoms with Crippen LogP contribution in [0.5, 0.6) is 5.75 Å². The van der Waals surface area contributed by atoms with E-state index in [9.17, 15) is 4.79 Å². The zero-order valence-electron chi connectivity index (χ0n) is 17.9. The Morgan fingerprint density at radius 2 is 1.73 bits per heavy atom. The summed E-state index contributed by atoms with van der Waals surface area (Å²) in [6.07, 6.45) is 2.64. The highest BCUT2D eigenvalue weighted by Gasteiger charge is 2.23. The average molecular weight is 409 g/mol. The fourth-order valence-electron chi connectivity index (χ4n) is 3.77. The number of hydrogen-bond donors (Lipinski definition) is 2. The summed E-state index contributed by atoms with van der Waals surface area (Å²) in [5.41, 5.74) is 2.36. The van der Waals surface area contributed by atoms with Crippen LogP contribution >= 0.6 is 0 Å². The summed E-state index contributed by atoms with van der Waals surface area (Å²) in [6.45, 7) is 3.06. The van der Waals surface area contributed by atoms with Crippen LogP contribution in [0.25, 0.3) is 0 Å². The molecule has 1 heterocycles. The van der Waals surface area contributed by atoms with Gasteiger partial charge in [-0.05, 0) is 42.0 Å². The van der Waals surface area contributed by atoms with E-state index in [-0.39, 0.29) is 5.91 Å². The summed E-state index contributed by atoms with van der Waals surface area (Å²) in [7, 11) is 3.52. The Labute approximate surface area is 179 Å². The normalized spacial score (nSPS) is 15.0. The van der Waals surface area contributed by atoms with Gasteiger partial charge in [0.1, 0.15) is 12.4 Å². The second kappa shape index (κ2) is 11.2. The van der Waals surface area contributed by atoms with Gasteiger partial charge in [-0.2, -0.15) is 0 Å². The number of piperidine rings is 1. The van der Waals surface area contributed by atoms with E-state index in [1.165, 1.54) is 5.56 Å². The van der Waals surface area contributed by atoms with Crippen LogP contribution in [0.2, 0.25) is 0 Å². The second-order valence-corrected chi connectivity index (χ2v) is 7.58. The maximum atomic E-state index is 11.6. The monoisotopic (exact) mass is 408 g/mol. The highest BCUT2D eigenvalue weighted by Crippen LogP contribution is 2.21. The van der Waals surface area contributed by atoms with Gasteiger partial charge in [-0.1, -0.05) is 42.5 Å². The molecule has 0 unspecified atom stereocenters. The molecule has 2 aromatic rings. The van der Waals surface area contributed by atoms with Crippen LogP contribution in [-0.4, -0.2) is 44.0 Å². The predicted octanol–water partition coefficient (Wildman–Crippen LogP) is 3.19. The van der Waals surface area contributed by atoms with Crippen molar-refractivity contribution in [2.45, 2.75) is 32.4 Å². The number of likely N-dealkylation sites (tertiary alicyclic amines) is 1. The molecule has 0 saturated carbocycles. The molecule has 2 aromatic carbocycles. The quantitative estimate of drug-likeness (QED) is 0.546. The highest BCUT2D eigenvalue weighted by molar-refractivity contribution is 5.80. The van der Waals surface area contributed by atoms with Gasteiger partial charge in [-0.15, -0.1) is 0 Å². The first-order chi connectivity index (χ1) is 14.7. The Morgan fingerprint density at radius 3 is 2.40 bits per heavy atom. The number of ether oxygens (including phenoxy) is 1. The molecule has 6 heteroatoms. The number of benzene rings is 2. The number of guanidine groups is 1. The van der Waals surface area contributed by atoms with E-state index in [1.54, 1.807) is 7.05 Å². The number of para-hydroxylation sites is 1. The molecule has 0 spiro atoms. The molecule has 30 heavy (non-hydrogen) atoms. The molecule has 0 atom stereocenters. The smallest absolute Gasteiger partial charge is 0.220 e.